The van der Waals surface area contributed by atoms with Crippen molar-refractivity contribution >= 4 is 22.8 Å². The van der Waals surface area contributed by atoms with Crippen molar-refractivity contribution in [1.82, 2.24) is 0 Å². The van der Waals surface area contributed by atoms with Crippen LogP contribution in [-0.4, -0.2) is 24.4 Å². The maximum Gasteiger partial charge on any atom is 0.306 e. The molecule has 0 saturated carbocycles. The molecular formula is C13H15ClO4. The first-order valence-electron chi connectivity index (χ1n) is 5.64. The van der Waals surface area contributed by atoms with E-state index in [0.717, 1.165) is 5.56 Å². The van der Waals surface area contributed by atoms with Gasteiger partial charge in [0.15, 0.2) is 0 Å². The summed E-state index contributed by atoms with van der Waals surface area (Å²) >= 11 is 5.08. The van der Waals surface area contributed by atoms with Crippen LogP contribution in [0.3, 0.4) is 0 Å². The van der Waals surface area contributed by atoms with Crippen LogP contribution in [0.1, 0.15) is 18.4 Å². The van der Waals surface area contributed by atoms with E-state index in [-0.39, 0.29) is 25.6 Å². The monoisotopic (exact) mass is 270 g/mol. The maximum atomic E-state index is 11.3. The van der Waals surface area contributed by atoms with Gasteiger partial charge in [0.25, 0.3) is 0 Å². The number of halogens is 1. The second-order valence-corrected chi connectivity index (χ2v) is 4.08. The first kappa shape index (κ1) is 14.7. The Morgan fingerprint density at radius 1 is 1.17 bits per heavy atom. The topological polar surface area (TPSA) is 52.6 Å². The summed E-state index contributed by atoms with van der Waals surface area (Å²) in [5.74, 6) is -0.278. The molecule has 0 aliphatic carbocycles. The highest BCUT2D eigenvalue weighted by molar-refractivity contribution is 6.63. The van der Waals surface area contributed by atoms with Crippen LogP contribution in [0.5, 0.6) is 0 Å². The molecule has 0 saturated heterocycles. The molecule has 0 aliphatic heterocycles. The van der Waals surface area contributed by atoms with Crippen LogP contribution in [0.25, 0.3) is 0 Å². The van der Waals surface area contributed by atoms with Crippen LogP contribution in [0.15, 0.2) is 30.3 Å². The lowest BCUT2D eigenvalue weighted by atomic mass is 10.2. The third-order valence-corrected chi connectivity index (χ3v) is 2.24. The van der Waals surface area contributed by atoms with E-state index in [1.807, 2.05) is 30.3 Å². The molecule has 1 aromatic rings. The Balaban J connectivity index is 2.06. The summed E-state index contributed by atoms with van der Waals surface area (Å²) in [4.78, 5) is 21.7. The summed E-state index contributed by atoms with van der Waals surface area (Å²) < 4.78 is 9.99. The lowest BCUT2D eigenvalue weighted by Crippen LogP contribution is -2.08. The minimum atomic E-state index is -0.540. The van der Waals surface area contributed by atoms with Gasteiger partial charge in [-0.05, 0) is 23.6 Å². The molecule has 98 valence electrons. The number of carbonyl (C=O) groups is 2. The molecule has 0 spiro atoms. The lowest BCUT2D eigenvalue weighted by Gasteiger charge is -2.05. The van der Waals surface area contributed by atoms with Gasteiger partial charge in [0.05, 0.1) is 0 Å². The molecular weight excluding hydrogens is 256 g/mol. The van der Waals surface area contributed by atoms with Gasteiger partial charge in [0.1, 0.15) is 13.2 Å². The van der Waals surface area contributed by atoms with Gasteiger partial charge in [-0.3, -0.25) is 9.59 Å². The Morgan fingerprint density at radius 2 is 1.89 bits per heavy atom. The number of rotatable bonds is 8. The molecule has 0 fully saturated rings. The molecule has 0 aromatic heterocycles. The molecule has 0 atom stereocenters. The first-order valence-corrected chi connectivity index (χ1v) is 6.02. The molecule has 0 N–H and O–H groups in total. The highest BCUT2D eigenvalue weighted by atomic mass is 35.5. The molecule has 1 rings (SSSR count). The van der Waals surface area contributed by atoms with Crippen molar-refractivity contribution in [3.05, 3.63) is 35.9 Å². The summed E-state index contributed by atoms with van der Waals surface area (Å²) in [6.45, 7) is 0.472. The molecule has 4 nitrogen and oxygen atoms in total. The zero-order valence-electron chi connectivity index (χ0n) is 9.93. The van der Waals surface area contributed by atoms with Crippen molar-refractivity contribution in [3.8, 4) is 0 Å². The summed E-state index contributed by atoms with van der Waals surface area (Å²) in [5, 5.41) is -0.540. The van der Waals surface area contributed by atoms with Crippen molar-refractivity contribution in [1.29, 1.82) is 0 Å². The Morgan fingerprint density at radius 3 is 2.56 bits per heavy atom. The van der Waals surface area contributed by atoms with E-state index in [2.05, 4.69) is 0 Å². The summed E-state index contributed by atoms with van der Waals surface area (Å²) in [6, 6.07) is 9.46. The van der Waals surface area contributed by atoms with Crippen LogP contribution in [0.4, 0.5) is 0 Å². The van der Waals surface area contributed by atoms with Gasteiger partial charge in [-0.15, -0.1) is 0 Å². The highest BCUT2D eigenvalue weighted by Gasteiger charge is 2.03. The quantitative estimate of drug-likeness (QED) is 0.413. The Labute approximate surface area is 111 Å². The van der Waals surface area contributed by atoms with E-state index in [4.69, 9.17) is 21.1 Å². The molecule has 0 heterocycles. The van der Waals surface area contributed by atoms with Gasteiger partial charge in [-0.1, -0.05) is 30.3 Å². The standard InChI is InChI=1S/C13H15ClO4/c14-12(15)10-17-8-4-7-13(16)18-9-11-5-2-1-3-6-11/h1-3,5-6H,4,7-10H2. The van der Waals surface area contributed by atoms with Crippen molar-refractivity contribution in [2.75, 3.05) is 13.2 Å². The second kappa shape index (κ2) is 8.66. The van der Waals surface area contributed by atoms with E-state index in [1.54, 1.807) is 0 Å². The van der Waals surface area contributed by atoms with Gasteiger partial charge in [-0.2, -0.15) is 0 Å². The van der Waals surface area contributed by atoms with Gasteiger partial charge in [-0.25, -0.2) is 0 Å². The average Bonchev–Trinajstić information content (AvgIpc) is 2.37. The van der Waals surface area contributed by atoms with Crippen molar-refractivity contribution in [2.24, 2.45) is 0 Å². The van der Waals surface area contributed by atoms with Crippen molar-refractivity contribution in [2.45, 2.75) is 19.4 Å². The number of benzene rings is 1. The van der Waals surface area contributed by atoms with E-state index in [0.29, 0.717) is 13.0 Å². The molecule has 0 bridgehead atoms. The smallest absolute Gasteiger partial charge is 0.306 e. The normalized spacial score (nSPS) is 10.1. The van der Waals surface area contributed by atoms with Crippen LogP contribution in [0.2, 0.25) is 0 Å². The lowest BCUT2D eigenvalue weighted by molar-refractivity contribution is -0.145. The van der Waals surface area contributed by atoms with Crippen LogP contribution in [-0.2, 0) is 25.7 Å². The number of hydrogen-bond acceptors (Lipinski definition) is 4. The van der Waals surface area contributed by atoms with Crippen LogP contribution in [0, 0.1) is 0 Å². The molecule has 1 aromatic carbocycles. The Kier molecular flexibility index (Phi) is 7.06. The van der Waals surface area contributed by atoms with Gasteiger partial charge >= 0.3 is 5.97 Å². The maximum absolute atomic E-state index is 11.3. The fourth-order valence-electron chi connectivity index (χ4n) is 1.28. The minimum Gasteiger partial charge on any atom is -0.461 e. The number of ether oxygens (including phenoxy) is 2. The van der Waals surface area contributed by atoms with Gasteiger partial charge in [0.2, 0.25) is 5.24 Å². The molecule has 0 amide bonds. The molecule has 18 heavy (non-hydrogen) atoms. The van der Waals surface area contributed by atoms with E-state index in [9.17, 15) is 9.59 Å². The predicted octanol–water partition coefficient (Wildman–Crippen LogP) is 2.29. The Bertz CT molecular complexity index is 378. The summed E-state index contributed by atoms with van der Waals surface area (Å²) in [6.07, 6.45) is 0.779. The summed E-state index contributed by atoms with van der Waals surface area (Å²) in [7, 11) is 0. The second-order valence-electron chi connectivity index (χ2n) is 3.66. The van der Waals surface area contributed by atoms with Crippen molar-refractivity contribution < 1.29 is 19.1 Å². The first-order chi connectivity index (χ1) is 8.68. The highest BCUT2D eigenvalue weighted by Crippen LogP contribution is 2.02. The fraction of sp³-hybridized carbons (Fsp3) is 0.385. The SMILES string of the molecule is O=C(Cl)COCCCC(=O)OCc1ccccc1. The fourth-order valence-corrected chi connectivity index (χ4v) is 1.36. The van der Waals surface area contributed by atoms with Crippen LogP contribution >= 0.6 is 11.6 Å². The van der Waals surface area contributed by atoms with E-state index < -0.39 is 5.24 Å². The molecule has 5 heteroatoms. The predicted molar refractivity (Wildman–Crippen MR) is 67.2 cm³/mol. The minimum absolute atomic E-state index is 0.124. The third-order valence-electron chi connectivity index (χ3n) is 2.13. The molecule has 0 radical (unpaired) electrons. The summed E-state index contributed by atoms with van der Waals surface area (Å²) in [5.41, 5.74) is 0.954. The van der Waals surface area contributed by atoms with Crippen LogP contribution < -0.4 is 0 Å². The third kappa shape index (κ3) is 7.04. The molecule has 0 unspecified atom stereocenters. The zero-order chi connectivity index (χ0) is 13.2. The average molecular weight is 271 g/mol. The number of hydrogen-bond donors (Lipinski definition) is 0. The molecule has 0 aliphatic rings. The number of esters is 1. The van der Waals surface area contributed by atoms with E-state index >= 15 is 0 Å². The van der Waals surface area contributed by atoms with Gasteiger partial charge in [0, 0.05) is 13.0 Å². The number of carbonyl (C=O) groups excluding carboxylic acids is 2. The van der Waals surface area contributed by atoms with Crippen molar-refractivity contribution in [3.63, 3.8) is 0 Å². The largest absolute Gasteiger partial charge is 0.461 e. The van der Waals surface area contributed by atoms with E-state index in [1.165, 1.54) is 0 Å². The van der Waals surface area contributed by atoms with Gasteiger partial charge < -0.3 is 9.47 Å². The zero-order valence-corrected chi connectivity index (χ0v) is 10.7. The Hall–Kier alpha value is -1.39.